The smallest absolute Gasteiger partial charge is 0.270 e. The average molecular weight is 372 g/mol. The Morgan fingerprint density at radius 2 is 1.85 bits per heavy atom. The van der Waals surface area contributed by atoms with Crippen molar-refractivity contribution in [3.8, 4) is 11.5 Å². The molecule has 0 unspecified atom stereocenters. The van der Waals surface area contributed by atoms with Crippen molar-refractivity contribution in [1.29, 1.82) is 0 Å². The second-order valence-electron chi connectivity index (χ2n) is 6.67. The Morgan fingerprint density at radius 3 is 2.52 bits per heavy atom. The maximum Gasteiger partial charge on any atom is 0.270 e. The Labute approximate surface area is 160 Å². The Morgan fingerprint density at radius 1 is 1.11 bits per heavy atom. The van der Waals surface area contributed by atoms with Gasteiger partial charge in [-0.3, -0.25) is 4.79 Å². The molecule has 0 aliphatic carbocycles. The summed E-state index contributed by atoms with van der Waals surface area (Å²) in [7, 11) is 3.21. The third kappa shape index (κ3) is 6.13. The van der Waals surface area contributed by atoms with Gasteiger partial charge in [0.15, 0.2) is 11.5 Å². The van der Waals surface area contributed by atoms with Gasteiger partial charge in [-0.15, -0.1) is 0 Å². The first kappa shape index (κ1) is 20.5. The molecule has 2 N–H and O–H groups in total. The summed E-state index contributed by atoms with van der Waals surface area (Å²) in [5, 5.41) is 6.13. The monoisotopic (exact) mass is 372 g/mol. The van der Waals surface area contributed by atoms with E-state index in [1.54, 1.807) is 27.2 Å². The molecule has 0 spiro atoms. The summed E-state index contributed by atoms with van der Waals surface area (Å²) >= 11 is 0. The van der Waals surface area contributed by atoms with Crippen molar-refractivity contribution in [2.75, 3.05) is 26.1 Å². The number of benzene rings is 1. The van der Waals surface area contributed by atoms with Gasteiger partial charge in [-0.05, 0) is 37.0 Å². The Bertz CT molecular complexity index is 778. The van der Waals surface area contributed by atoms with Crippen LogP contribution < -0.4 is 20.1 Å². The van der Waals surface area contributed by atoms with E-state index >= 15 is 0 Å². The highest BCUT2D eigenvalue weighted by molar-refractivity contribution is 5.92. The van der Waals surface area contributed by atoms with E-state index in [1.165, 1.54) is 0 Å². The summed E-state index contributed by atoms with van der Waals surface area (Å²) < 4.78 is 10.6. The van der Waals surface area contributed by atoms with Crippen LogP contribution in [0, 0.1) is 12.8 Å². The normalized spacial score (nSPS) is 10.6. The third-order valence-electron chi connectivity index (χ3n) is 4.00. The molecular formula is C20H28N4O3. The van der Waals surface area contributed by atoms with Gasteiger partial charge < -0.3 is 20.1 Å². The van der Waals surface area contributed by atoms with E-state index in [0.29, 0.717) is 47.8 Å². The zero-order chi connectivity index (χ0) is 19.8. The van der Waals surface area contributed by atoms with Gasteiger partial charge in [0.1, 0.15) is 17.3 Å². The van der Waals surface area contributed by atoms with Crippen molar-refractivity contribution in [3.63, 3.8) is 0 Å². The fourth-order valence-electron chi connectivity index (χ4n) is 2.52. The number of methoxy groups -OCH3 is 2. The van der Waals surface area contributed by atoms with Gasteiger partial charge in [0.25, 0.3) is 5.91 Å². The number of hydrogen-bond donors (Lipinski definition) is 2. The minimum Gasteiger partial charge on any atom is -0.493 e. The molecular weight excluding hydrogens is 344 g/mol. The molecule has 1 aromatic heterocycles. The van der Waals surface area contributed by atoms with E-state index < -0.39 is 0 Å². The van der Waals surface area contributed by atoms with E-state index in [9.17, 15) is 4.79 Å². The second kappa shape index (κ2) is 9.75. The van der Waals surface area contributed by atoms with E-state index in [2.05, 4.69) is 34.4 Å². The highest BCUT2D eigenvalue weighted by atomic mass is 16.5. The van der Waals surface area contributed by atoms with Gasteiger partial charge in [-0.1, -0.05) is 19.9 Å². The molecule has 1 aromatic carbocycles. The van der Waals surface area contributed by atoms with Crippen LogP contribution in [0.25, 0.3) is 0 Å². The fourth-order valence-corrected chi connectivity index (χ4v) is 2.52. The zero-order valence-electron chi connectivity index (χ0n) is 16.6. The molecule has 2 rings (SSSR count). The minimum atomic E-state index is -0.185. The van der Waals surface area contributed by atoms with Crippen LogP contribution in [0.5, 0.6) is 11.5 Å². The van der Waals surface area contributed by atoms with Crippen LogP contribution in [0.4, 0.5) is 5.82 Å². The molecule has 0 saturated carbocycles. The van der Waals surface area contributed by atoms with Crippen LogP contribution in [0.1, 0.15) is 42.1 Å². The maximum absolute atomic E-state index is 12.3. The quantitative estimate of drug-likeness (QED) is 0.703. The molecule has 7 heteroatoms. The van der Waals surface area contributed by atoms with Crippen LogP contribution in [0.2, 0.25) is 0 Å². The molecule has 146 valence electrons. The molecule has 0 fully saturated rings. The number of rotatable bonds is 9. The van der Waals surface area contributed by atoms with Gasteiger partial charge in [0.05, 0.1) is 14.2 Å². The Kier molecular flexibility index (Phi) is 7.40. The summed E-state index contributed by atoms with van der Waals surface area (Å²) in [6.07, 6.45) is 0.931. The lowest BCUT2D eigenvalue weighted by Gasteiger charge is -2.12. The summed E-state index contributed by atoms with van der Waals surface area (Å²) in [5.41, 5.74) is 1.37. The largest absolute Gasteiger partial charge is 0.493 e. The zero-order valence-corrected chi connectivity index (χ0v) is 16.6. The Balaban J connectivity index is 2.04. The number of nitrogens with zero attached hydrogens (tertiary/aromatic N) is 2. The summed E-state index contributed by atoms with van der Waals surface area (Å²) in [5.74, 6) is 2.85. The molecule has 0 atom stereocenters. The molecule has 2 aromatic rings. The number of nitrogens with one attached hydrogen (secondary N) is 2. The van der Waals surface area contributed by atoms with Crippen molar-refractivity contribution < 1.29 is 14.3 Å². The molecule has 0 saturated heterocycles. The number of aromatic nitrogens is 2. The lowest BCUT2D eigenvalue weighted by molar-refractivity contribution is 0.0946. The van der Waals surface area contributed by atoms with Crippen molar-refractivity contribution in [2.45, 2.75) is 33.7 Å². The first-order valence-corrected chi connectivity index (χ1v) is 9.01. The summed E-state index contributed by atoms with van der Waals surface area (Å²) in [4.78, 5) is 20.9. The van der Waals surface area contributed by atoms with Gasteiger partial charge in [0.2, 0.25) is 0 Å². The average Bonchev–Trinajstić information content (AvgIpc) is 2.65. The van der Waals surface area contributed by atoms with Crippen molar-refractivity contribution in [3.05, 3.63) is 41.3 Å². The van der Waals surface area contributed by atoms with E-state index in [4.69, 9.17) is 9.47 Å². The van der Waals surface area contributed by atoms with Crippen LogP contribution in [-0.2, 0) is 6.54 Å². The van der Waals surface area contributed by atoms with E-state index in [-0.39, 0.29) is 5.91 Å². The van der Waals surface area contributed by atoms with Crippen LogP contribution in [0.15, 0.2) is 24.3 Å². The number of anilines is 1. The lowest BCUT2D eigenvalue weighted by atomic mass is 10.1. The summed E-state index contributed by atoms with van der Waals surface area (Å²) in [6.45, 7) is 7.18. The SMILES string of the molecule is COc1ccc(CNc2cc(C(=O)NCCC(C)C)nc(C)n2)cc1OC. The molecule has 27 heavy (non-hydrogen) atoms. The van der Waals surface area contributed by atoms with Crippen LogP contribution >= 0.6 is 0 Å². The molecule has 1 heterocycles. The van der Waals surface area contributed by atoms with Crippen LogP contribution in [-0.4, -0.2) is 36.6 Å². The second-order valence-corrected chi connectivity index (χ2v) is 6.67. The summed E-state index contributed by atoms with van der Waals surface area (Å²) in [6, 6.07) is 7.37. The lowest BCUT2D eigenvalue weighted by Crippen LogP contribution is -2.26. The number of carbonyl (C=O) groups excluding carboxylic acids is 1. The third-order valence-corrected chi connectivity index (χ3v) is 4.00. The van der Waals surface area contributed by atoms with Crippen molar-refractivity contribution in [1.82, 2.24) is 15.3 Å². The molecule has 1 amide bonds. The van der Waals surface area contributed by atoms with Crippen molar-refractivity contribution in [2.24, 2.45) is 5.92 Å². The minimum absolute atomic E-state index is 0.185. The van der Waals surface area contributed by atoms with E-state index in [1.807, 2.05) is 18.2 Å². The van der Waals surface area contributed by atoms with E-state index in [0.717, 1.165) is 12.0 Å². The molecule has 0 bridgehead atoms. The number of ether oxygens (including phenoxy) is 2. The highest BCUT2D eigenvalue weighted by Crippen LogP contribution is 2.27. The Hall–Kier alpha value is -2.83. The van der Waals surface area contributed by atoms with Gasteiger partial charge in [0, 0.05) is 19.2 Å². The van der Waals surface area contributed by atoms with Gasteiger partial charge >= 0.3 is 0 Å². The van der Waals surface area contributed by atoms with Crippen molar-refractivity contribution >= 4 is 11.7 Å². The number of carbonyl (C=O) groups is 1. The number of amides is 1. The van der Waals surface area contributed by atoms with Gasteiger partial charge in [-0.2, -0.15) is 0 Å². The predicted octanol–water partition coefficient (Wildman–Crippen LogP) is 3.19. The maximum atomic E-state index is 12.3. The van der Waals surface area contributed by atoms with Crippen LogP contribution in [0.3, 0.4) is 0 Å². The highest BCUT2D eigenvalue weighted by Gasteiger charge is 2.11. The predicted molar refractivity (Wildman–Crippen MR) is 105 cm³/mol. The molecule has 7 nitrogen and oxygen atoms in total. The number of hydrogen-bond acceptors (Lipinski definition) is 6. The molecule has 0 aliphatic heterocycles. The fraction of sp³-hybridized carbons (Fsp3) is 0.450. The van der Waals surface area contributed by atoms with Gasteiger partial charge in [-0.25, -0.2) is 9.97 Å². The molecule has 0 radical (unpaired) electrons. The molecule has 0 aliphatic rings. The number of aryl methyl sites for hydroxylation is 1. The first-order valence-electron chi connectivity index (χ1n) is 9.01. The standard InChI is InChI=1S/C20H28N4O3/c1-13(2)8-9-21-20(25)16-11-19(24-14(3)23-16)22-12-15-6-7-17(26-4)18(10-15)27-5/h6-7,10-11,13H,8-9,12H2,1-5H3,(H,21,25)(H,22,23,24). The topological polar surface area (TPSA) is 85.4 Å². The first-order chi connectivity index (χ1) is 12.9.